The molecule has 2 heterocycles. The molecule has 0 aromatic carbocycles. The van der Waals surface area contributed by atoms with Crippen LogP contribution in [0.2, 0.25) is 0 Å². The topological polar surface area (TPSA) is 90.3 Å². The van der Waals surface area contributed by atoms with E-state index in [0.717, 1.165) is 16.9 Å². The Morgan fingerprint density at radius 2 is 2.50 bits per heavy atom. The van der Waals surface area contributed by atoms with E-state index in [2.05, 4.69) is 25.0 Å². The van der Waals surface area contributed by atoms with E-state index < -0.39 is 0 Å². The van der Waals surface area contributed by atoms with Crippen LogP contribution in [0.1, 0.15) is 12.1 Å². The van der Waals surface area contributed by atoms with Crippen LogP contribution in [0.15, 0.2) is 29.7 Å². The van der Waals surface area contributed by atoms with Crippen LogP contribution < -0.4 is 0 Å². The summed E-state index contributed by atoms with van der Waals surface area (Å²) in [4.78, 5) is 14.2. The van der Waals surface area contributed by atoms with Gasteiger partial charge in [-0.25, -0.2) is 9.97 Å². The zero-order valence-electron chi connectivity index (χ0n) is 8.54. The van der Waals surface area contributed by atoms with E-state index in [1.807, 2.05) is 18.2 Å². The van der Waals surface area contributed by atoms with Gasteiger partial charge in [0, 0.05) is 17.7 Å². The van der Waals surface area contributed by atoms with Gasteiger partial charge in [-0.15, -0.1) is 0 Å². The van der Waals surface area contributed by atoms with Gasteiger partial charge in [-0.2, -0.15) is 0 Å². The maximum absolute atomic E-state index is 8.09. The first-order valence-corrected chi connectivity index (χ1v) is 4.87. The van der Waals surface area contributed by atoms with Crippen LogP contribution >= 0.6 is 0 Å². The third-order valence-electron chi connectivity index (χ3n) is 2.03. The molecule has 2 rings (SSSR count). The van der Waals surface area contributed by atoms with Crippen molar-refractivity contribution in [2.24, 2.45) is 5.11 Å². The van der Waals surface area contributed by atoms with Gasteiger partial charge in [0.15, 0.2) is 5.65 Å². The zero-order valence-corrected chi connectivity index (χ0v) is 8.54. The van der Waals surface area contributed by atoms with Crippen LogP contribution in [0.5, 0.6) is 0 Å². The zero-order chi connectivity index (χ0) is 11.2. The highest BCUT2D eigenvalue weighted by Gasteiger charge is 1.96. The number of hydrogen-bond acceptors (Lipinski definition) is 3. The van der Waals surface area contributed by atoms with Crippen molar-refractivity contribution < 1.29 is 0 Å². The van der Waals surface area contributed by atoms with Crippen LogP contribution in [0.4, 0.5) is 0 Å². The van der Waals surface area contributed by atoms with Gasteiger partial charge in [-0.05, 0) is 24.1 Å². The van der Waals surface area contributed by atoms with E-state index in [1.165, 1.54) is 0 Å². The van der Waals surface area contributed by atoms with Gasteiger partial charge < -0.3 is 4.98 Å². The molecule has 6 nitrogen and oxygen atoms in total. The lowest BCUT2D eigenvalue weighted by molar-refractivity contribution is 0.995. The lowest BCUT2D eigenvalue weighted by Gasteiger charge is -1.92. The summed E-state index contributed by atoms with van der Waals surface area (Å²) in [5.41, 5.74) is 10.5. The van der Waals surface area contributed by atoms with Gasteiger partial charge in [0.1, 0.15) is 5.52 Å². The number of azide groups is 1. The van der Waals surface area contributed by atoms with Crippen molar-refractivity contribution in [3.05, 3.63) is 40.7 Å². The van der Waals surface area contributed by atoms with Gasteiger partial charge in [0.2, 0.25) is 0 Å². The summed E-state index contributed by atoms with van der Waals surface area (Å²) in [5.74, 6) is 0. The number of rotatable bonds is 4. The Balaban J connectivity index is 2.05. The van der Waals surface area contributed by atoms with E-state index in [0.29, 0.717) is 13.0 Å². The molecule has 0 saturated carbocycles. The molecule has 0 radical (unpaired) electrons. The molecule has 0 atom stereocenters. The molecule has 0 amide bonds. The Labute approximate surface area is 91.7 Å². The molecule has 2 aromatic heterocycles. The van der Waals surface area contributed by atoms with Crippen molar-refractivity contribution in [3.8, 4) is 0 Å². The first kappa shape index (κ1) is 10.2. The Morgan fingerprint density at radius 1 is 1.56 bits per heavy atom. The molecule has 0 aliphatic rings. The molecule has 0 spiro atoms. The van der Waals surface area contributed by atoms with Gasteiger partial charge >= 0.3 is 0 Å². The second-order valence-electron chi connectivity index (χ2n) is 3.15. The standard InChI is InChI=1S/C10H10N6/c11-16-14-5-2-1-3-8-7-13-10-9(15-8)4-6-12-10/h1,3-4,6-7H,2,5H2,(H,12,13). The minimum Gasteiger partial charge on any atom is -0.345 e. The average molecular weight is 214 g/mol. The van der Waals surface area contributed by atoms with Gasteiger partial charge in [0.25, 0.3) is 0 Å². The molecule has 6 heteroatoms. The second kappa shape index (κ2) is 4.95. The van der Waals surface area contributed by atoms with Crippen LogP contribution in [-0.2, 0) is 0 Å². The van der Waals surface area contributed by atoms with E-state index in [4.69, 9.17) is 5.53 Å². The van der Waals surface area contributed by atoms with Crippen LogP contribution in [-0.4, -0.2) is 21.5 Å². The minimum absolute atomic E-state index is 0.465. The van der Waals surface area contributed by atoms with E-state index in [-0.39, 0.29) is 0 Å². The predicted octanol–water partition coefficient (Wildman–Crippen LogP) is 2.67. The van der Waals surface area contributed by atoms with Crippen molar-refractivity contribution >= 4 is 17.2 Å². The van der Waals surface area contributed by atoms with Crippen molar-refractivity contribution in [2.75, 3.05) is 6.54 Å². The molecule has 0 aliphatic carbocycles. The summed E-state index contributed by atoms with van der Waals surface area (Å²) in [5, 5.41) is 3.43. The lowest BCUT2D eigenvalue weighted by Crippen LogP contribution is -1.85. The van der Waals surface area contributed by atoms with E-state index >= 15 is 0 Å². The summed E-state index contributed by atoms with van der Waals surface area (Å²) in [6.45, 7) is 0.465. The van der Waals surface area contributed by atoms with E-state index in [1.54, 1.807) is 12.4 Å². The number of fused-ring (bicyclic) bond motifs is 1. The SMILES string of the molecule is [N-]=[N+]=NCCC=Cc1cnc2[nH]ccc2n1. The van der Waals surface area contributed by atoms with Crippen molar-refractivity contribution in [1.82, 2.24) is 15.0 Å². The summed E-state index contributed by atoms with van der Waals surface area (Å²) in [6.07, 6.45) is 7.99. The second-order valence-corrected chi connectivity index (χ2v) is 3.15. The molecule has 0 bridgehead atoms. The largest absolute Gasteiger partial charge is 0.345 e. The maximum Gasteiger partial charge on any atom is 0.156 e. The molecule has 0 saturated heterocycles. The first-order valence-electron chi connectivity index (χ1n) is 4.87. The minimum atomic E-state index is 0.465. The summed E-state index contributed by atoms with van der Waals surface area (Å²) >= 11 is 0. The molecule has 16 heavy (non-hydrogen) atoms. The fourth-order valence-electron chi connectivity index (χ4n) is 1.31. The lowest BCUT2D eigenvalue weighted by atomic mass is 10.3. The van der Waals surface area contributed by atoms with E-state index in [9.17, 15) is 0 Å². The molecule has 0 aliphatic heterocycles. The van der Waals surface area contributed by atoms with Crippen LogP contribution in [0, 0.1) is 0 Å². The maximum atomic E-state index is 8.09. The highest BCUT2D eigenvalue weighted by molar-refractivity contribution is 5.71. The predicted molar refractivity (Wildman–Crippen MR) is 61.6 cm³/mol. The molecule has 1 N–H and O–H groups in total. The average Bonchev–Trinajstić information content (AvgIpc) is 2.76. The highest BCUT2D eigenvalue weighted by Crippen LogP contribution is 2.07. The molecular weight excluding hydrogens is 204 g/mol. The molecule has 0 fully saturated rings. The Bertz CT molecular complexity index is 549. The monoisotopic (exact) mass is 214 g/mol. The van der Waals surface area contributed by atoms with Crippen LogP contribution in [0.25, 0.3) is 27.7 Å². The quantitative estimate of drug-likeness (QED) is 0.367. The summed E-state index contributed by atoms with van der Waals surface area (Å²) < 4.78 is 0. The van der Waals surface area contributed by atoms with Gasteiger partial charge in [-0.1, -0.05) is 11.2 Å². The molecule has 80 valence electrons. The van der Waals surface area contributed by atoms with Gasteiger partial charge in [-0.3, -0.25) is 0 Å². The Hall–Kier alpha value is -2.33. The fraction of sp³-hybridized carbons (Fsp3) is 0.200. The van der Waals surface area contributed by atoms with Crippen molar-refractivity contribution in [2.45, 2.75) is 6.42 Å². The Morgan fingerprint density at radius 3 is 3.38 bits per heavy atom. The summed E-state index contributed by atoms with van der Waals surface area (Å²) in [6, 6.07) is 1.87. The number of aromatic nitrogens is 3. The highest BCUT2D eigenvalue weighted by atomic mass is 15.1. The molecule has 2 aromatic rings. The van der Waals surface area contributed by atoms with Gasteiger partial charge in [0.05, 0.1) is 11.9 Å². The van der Waals surface area contributed by atoms with Crippen molar-refractivity contribution in [3.63, 3.8) is 0 Å². The number of nitrogens with zero attached hydrogens (tertiary/aromatic N) is 5. The van der Waals surface area contributed by atoms with Crippen LogP contribution in [0.3, 0.4) is 0 Å². The van der Waals surface area contributed by atoms with Crippen molar-refractivity contribution in [1.29, 1.82) is 0 Å². The third-order valence-corrected chi connectivity index (χ3v) is 2.03. The smallest absolute Gasteiger partial charge is 0.156 e. The third kappa shape index (κ3) is 2.37. The molecular formula is C10H10N6. The number of H-pyrrole nitrogens is 1. The summed E-state index contributed by atoms with van der Waals surface area (Å²) in [7, 11) is 0. The molecule has 0 unspecified atom stereocenters. The fourth-order valence-corrected chi connectivity index (χ4v) is 1.31. The number of aromatic amines is 1. The number of nitrogens with one attached hydrogen (secondary N) is 1. The Kier molecular flexibility index (Phi) is 3.15. The normalized spacial score (nSPS) is 10.8. The number of hydrogen-bond donors (Lipinski definition) is 1. The first-order chi connectivity index (χ1) is 7.90.